The van der Waals surface area contributed by atoms with Crippen LogP contribution >= 0.6 is 0 Å². The first kappa shape index (κ1) is 11.3. The molecule has 0 saturated carbocycles. The van der Waals surface area contributed by atoms with Crippen LogP contribution in [0.1, 0.15) is 5.69 Å². The highest BCUT2D eigenvalue weighted by Gasteiger charge is 2.13. The molecule has 2 rings (SSSR count). The highest BCUT2D eigenvalue weighted by Crippen LogP contribution is 2.32. The first-order valence-electron chi connectivity index (χ1n) is 5.14. The minimum atomic E-state index is 0.134. The minimum Gasteiger partial charge on any atom is -0.507 e. The number of phenolic OH excluding ortho intramolecular Hbond substituents is 1. The third kappa shape index (κ3) is 2.19. The van der Waals surface area contributed by atoms with Crippen molar-refractivity contribution in [3.8, 4) is 22.9 Å². The smallest absolute Gasteiger partial charge is 0.240 e. The molecular weight excluding hydrogens is 218 g/mol. The second kappa shape index (κ2) is 4.80. The number of rotatable bonds is 3. The Balaban J connectivity index is 2.60. The molecule has 3 N–H and O–H groups in total. The molecule has 1 aromatic carbocycles. The number of benzene rings is 1. The van der Waals surface area contributed by atoms with E-state index in [0.29, 0.717) is 22.8 Å². The van der Waals surface area contributed by atoms with Crippen LogP contribution in [0.3, 0.4) is 0 Å². The van der Waals surface area contributed by atoms with Gasteiger partial charge in [-0.3, -0.25) is 0 Å². The number of aromatic hydroxyl groups is 1. The van der Waals surface area contributed by atoms with Gasteiger partial charge in [-0.2, -0.15) is 0 Å². The quantitative estimate of drug-likeness (QED) is 0.832. The van der Waals surface area contributed by atoms with Crippen molar-refractivity contribution >= 4 is 0 Å². The van der Waals surface area contributed by atoms with Crippen LogP contribution in [0.15, 0.2) is 30.5 Å². The Morgan fingerprint density at radius 2 is 2.12 bits per heavy atom. The number of hydrogen-bond donors (Lipinski definition) is 2. The molecule has 0 spiro atoms. The van der Waals surface area contributed by atoms with Crippen molar-refractivity contribution in [2.75, 3.05) is 7.11 Å². The van der Waals surface area contributed by atoms with E-state index in [2.05, 4.69) is 9.97 Å². The molecule has 1 heterocycles. The first-order chi connectivity index (χ1) is 8.26. The van der Waals surface area contributed by atoms with Crippen LogP contribution in [0.4, 0.5) is 0 Å². The summed E-state index contributed by atoms with van der Waals surface area (Å²) in [5.41, 5.74) is 7.23. The van der Waals surface area contributed by atoms with Gasteiger partial charge in [0.2, 0.25) is 5.88 Å². The Morgan fingerprint density at radius 1 is 1.35 bits per heavy atom. The minimum absolute atomic E-state index is 0.134. The number of methoxy groups -OCH3 is 1. The van der Waals surface area contributed by atoms with Crippen molar-refractivity contribution in [2.24, 2.45) is 5.73 Å². The molecule has 0 aliphatic carbocycles. The molecule has 0 bridgehead atoms. The molecule has 5 nitrogen and oxygen atoms in total. The van der Waals surface area contributed by atoms with Gasteiger partial charge in [-0.1, -0.05) is 12.1 Å². The lowest BCUT2D eigenvalue weighted by atomic mass is 10.1. The van der Waals surface area contributed by atoms with Crippen molar-refractivity contribution in [2.45, 2.75) is 6.54 Å². The van der Waals surface area contributed by atoms with E-state index in [4.69, 9.17) is 10.5 Å². The van der Waals surface area contributed by atoms with Crippen molar-refractivity contribution in [1.82, 2.24) is 9.97 Å². The summed E-state index contributed by atoms with van der Waals surface area (Å²) in [6.45, 7) is 0.289. The SMILES string of the molecule is COc1ncc(CN)nc1-c1ccccc1O. The van der Waals surface area contributed by atoms with E-state index in [1.54, 1.807) is 24.4 Å². The topological polar surface area (TPSA) is 81.3 Å². The molecule has 0 radical (unpaired) electrons. The number of ether oxygens (including phenoxy) is 1. The zero-order chi connectivity index (χ0) is 12.3. The van der Waals surface area contributed by atoms with Crippen LogP contribution in [-0.4, -0.2) is 22.2 Å². The van der Waals surface area contributed by atoms with E-state index in [0.717, 1.165) is 0 Å². The van der Waals surface area contributed by atoms with Crippen LogP contribution < -0.4 is 10.5 Å². The van der Waals surface area contributed by atoms with Crippen molar-refractivity contribution < 1.29 is 9.84 Å². The Labute approximate surface area is 98.9 Å². The van der Waals surface area contributed by atoms with Crippen LogP contribution in [0.2, 0.25) is 0 Å². The Hall–Kier alpha value is -2.14. The molecular formula is C12H13N3O2. The molecule has 0 aliphatic rings. The number of aromatic nitrogens is 2. The van der Waals surface area contributed by atoms with Crippen LogP contribution in [-0.2, 0) is 6.54 Å². The molecule has 0 saturated heterocycles. The normalized spacial score (nSPS) is 10.2. The van der Waals surface area contributed by atoms with Crippen LogP contribution in [0, 0.1) is 0 Å². The largest absolute Gasteiger partial charge is 0.507 e. The van der Waals surface area contributed by atoms with E-state index in [-0.39, 0.29) is 12.3 Å². The van der Waals surface area contributed by atoms with Gasteiger partial charge >= 0.3 is 0 Å². The lowest BCUT2D eigenvalue weighted by Crippen LogP contribution is -2.03. The molecule has 2 aromatic rings. The summed E-state index contributed by atoms with van der Waals surface area (Å²) < 4.78 is 5.13. The number of nitrogens with zero attached hydrogens (tertiary/aromatic N) is 2. The zero-order valence-electron chi connectivity index (χ0n) is 9.42. The standard InChI is InChI=1S/C12H13N3O2/c1-17-12-11(15-8(6-13)7-14-12)9-4-2-3-5-10(9)16/h2-5,7,16H,6,13H2,1H3. The van der Waals surface area contributed by atoms with E-state index in [1.807, 2.05) is 6.07 Å². The van der Waals surface area contributed by atoms with Gasteiger partial charge in [0.1, 0.15) is 11.4 Å². The summed E-state index contributed by atoms with van der Waals surface area (Å²) in [4.78, 5) is 8.43. The Kier molecular flexibility index (Phi) is 3.20. The Bertz CT molecular complexity index is 529. The van der Waals surface area contributed by atoms with E-state index < -0.39 is 0 Å². The summed E-state index contributed by atoms with van der Waals surface area (Å²) in [7, 11) is 1.51. The monoisotopic (exact) mass is 231 g/mol. The molecule has 0 amide bonds. The summed E-state index contributed by atoms with van der Waals surface area (Å²) in [5, 5.41) is 9.79. The van der Waals surface area contributed by atoms with E-state index in [1.165, 1.54) is 7.11 Å². The number of phenols is 1. The summed E-state index contributed by atoms with van der Waals surface area (Å²) >= 11 is 0. The molecule has 0 aliphatic heterocycles. The fourth-order valence-corrected chi connectivity index (χ4v) is 1.51. The van der Waals surface area contributed by atoms with Crippen molar-refractivity contribution in [3.63, 3.8) is 0 Å². The highest BCUT2D eigenvalue weighted by molar-refractivity contribution is 5.70. The average molecular weight is 231 g/mol. The number of hydrogen-bond acceptors (Lipinski definition) is 5. The maximum Gasteiger partial charge on any atom is 0.240 e. The molecule has 1 aromatic heterocycles. The van der Waals surface area contributed by atoms with Crippen molar-refractivity contribution in [3.05, 3.63) is 36.2 Å². The molecule has 0 unspecified atom stereocenters. The molecule has 0 atom stereocenters. The summed E-state index contributed by atoms with van der Waals surface area (Å²) in [6.07, 6.45) is 1.56. The van der Waals surface area contributed by atoms with Gasteiger partial charge in [0, 0.05) is 12.1 Å². The zero-order valence-corrected chi connectivity index (χ0v) is 9.42. The van der Waals surface area contributed by atoms with Gasteiger partial charge in [0.15, 0.2) is 0 Å². The summed E-state index contributed by atoms with van der Waals surface area (Å²) in [5.74, 6) is 0.498. The molecule has 5 heteroatoms. The maximum absolute atomic E-state index is 9.79. The number of nitrogens with two attached hydrogens (primary N) is 1. The van der Waals surface area contributed by atoms with E-state index >= 15 is 0 Å². The van der Waals surface area contributed by atoms with Gasteiger partial charge in [-0.05, 0) is 12.1 Å². The fraction of sp³-hybridized carbons (Fsp3) is 0.167. The fourth-order valence-electron chi connectivity index (χ4n) is 1.51. The van der Waals surface area contributed by atoms with Gasteiger partial charge < -0.3 is 15.6 Å². The lowest BCUT2D eigenvalue weighted by Gasteiger charge is -2.09. The third-order valence-corrected chi connectivity index (χ3v) is 2.35. The second-order valence-corrected chi connectivity index (χ2v) is 3.44. The number of para-hydroxylation sites is 1. The van der Waals surface area contributed by atoms with Gasteiger partial charge in [0.05, 0.1) is 19.0 Å². The van der Waals surface area contributed by atoms with Crippen LogP contribution in [0.25, 0.3) is 11.3 Å². The summed E-state index contributed by atoms with van der Waals surface area (Å²) in [6, 6.07) is 6.89. The Morgan fingerprint density at radius 3 is 2.76 bits per heavy atom. The molecule has 88 valence electrons. The van der Waals surface area contributed by atoms with Gasteiger partial charge in [-0.25, -0.2) is 9.97 Å². The second-order valence-electron chi connectivity index (χ2n) is 3.44. The third-order valence-electron chi connectivity index (χ3n) is 2.35. The van der Waals surface area contributed by atoms with Crippen molar-refractivity contribution in [1.29, 1.82) is 0 Å². The van der Waals surface area contributed by atoms with Gasteiger partial charge in [0.25, 0.3) is 0 Å². The lowest BCUT2D eigenvalue weighted by molar-refractivity contribution is 0.396. The highest BCUT2D eigenvalue weighted by atomic mass is 16.5. The molecule has 17 heavy (non-hydrogen) atoms. The maximum atomic E-state index is 9.79. The first-order valence-corrected chi connectivity index (χ1v) is 5.14. The van der Waals surface area contributed by atoms with E-state index in [9.17, 15) is 5.11 Å². The predicted octanol–water partition coefficient (Wildman–Crippen LogP) is 1.32. The average Bonchev–Trinajstić information content (AvgIpc) is 2.38. The van der Waals surface area contributed by atoms with Gasteiger partial charge in [-0.15, -0.1) is 0 Å². The predicted molar refractivity (Wildman–Crippen MR) is 63.6 cm³/mol. The van der Waals surface area contributed by atoms with Crippen LogP contribution in [0.5, 0.6) is 11.6 Å². The molecule has 0 fully saturated rings.